The molecule has 6 nitrogen and oxygen atoms in total. The molecule has 2 amide bonds. The topological polar surface area (TPSA) is 75.2 Å². The van der Waals surface area contributed by atoms with Gasteiger partial charge in [-0.25, -0.2) is 0 Å². The molecule has 0 bridgehead atoms. The minimum Gasteiger partial charge on any atom is -0.318 e. The second-order valence-electron chi connectivity index (χ2n) is 4.02. The van der Waals surface area contributed by atoms with Crippen LogP contribution < -0.4 is 5.32 Å². The Kier molecular flexibility index (Phi) is 3.34. The van der Waals surface area contributed by atoms with E-state index in [4.69, 9.17) is 0 Å². The van der Waals surface area contributed by atoms with Gasteiger partial charge in [0.15, 0.2) is 0 Å². The van der Waals surface area contributed by atoms with Gasteiger partial charge in [0.1, 0.15) is 11.6 Å². The molecule has 0 saturated carbocycles. The van der Waals surface area contributed by atoms with Gasteiger partial charge in [-0.15, -0.1) is 22.0 Å². The van der Waals surface area contributed by atoms with Gasteiger partial charge in [0.2, 0.25) is 17.4 Å². The highest BCUT2D eigenvalue weighted by Gasteiger charge is 2.43. The van der Waals surface area contributed by atoms with Crippen LogP contribution in [0.3, 0.4) is 0 Å². The van der Waals surface area contributed by atoms with Crippen molar-refractivity contribution in [2.45, 2.75) is 24.8 Å². The summed E-state index contributed by atoms with van der Waals surface area (Å²) in [6.07, 6.45) is 0.727. The van der Waals surface area contributed by atoms with Crippen molar-refractivity contribution in [1.82, 2.24) is 15.1 Å². The monoisotopic (exact) mass is 272 g/mol. The van der Waals surface area contributed by atoms with Crippen molar-refractivity contribution in [3.63, 3.8) is 0 Å². The van der Waals surface area contributed by atoms with Crippen LogP contribution in [0.4, 0.5) is 5.13 Å². The SMILES string of the molecule is CC1(C)SCC(C(=O)Nc2nncs2)N1C=O. The molecule has 0 aromatic carbocycles. The summed E-state index contributed by atoms with van der Waals surface area (Å²) in [7, 11) is 0. The van der Waals surface area contributed by atoms with Crippen LogP contribution in [-0.2, 0) is 9.59 Å². The van der Waals surface area contributed by atoms with Crippen LogP contribution in [0.2, 0.25) is 0 Å². The average Bonchev–Trinajstić information content (AvgIpc) is 2.85. The first-order chi connectivity index (χ1) is 8.04. The van der Waals surface area contributed by atoms with E-state index in [2.05, 4.69) is 15.5 Å². The first kappa shape index (κ1) is 12.3. The zero-order valence-electron chi connectivity index (χ0n) is 9.41. The van der Waals surface area contributed by atoms with Gasteiger partial charge < -0.3 is 4.90 Å². The molecule has 17 heavy (non-hydrogen) atoms. The van der Waals surface area contributed by atoms with Crippen LogP contribution in [0.25, 0.3) is 0 Å². The van der Waals surface area contributed by atoms with Crippen molar-refractivity contribution < 1.29 is 9.59 Å². The van der Waals surface area contributed by atoms with Gasteiger partial charge >= 0.3 is 0 Å². The van der Waals surface area contributed by atoms with Crippen LogP contribution >= 0.6 is 23.1 Å². The summed E-state index contributed by atoms with van der Waals surface area (Å²) in [5.41, 5.74) is 1.54. The molecule has 1 aliphatic rings. The number of thioether (sulfide) groups is 1. The number of rotatable bonds is 3. The van der Waals surface area contributed by atoms with Gasteiger partial charge in [0.25, 0.3) is 0 Å². The molecule has 8 heteroatoms. The lowest BCUT2D eigenvalue weighted by atomic mass is 10.2. The molecular weight excluding hydrogens is 260 g/mol. The summed E-state index contributed by atoms with van der Waals surface area (Å²) in [5, 5.41) is 10.5. The third-order valence-electron chi connectivity index (χ3n) is 2.56. The molecule has 0 radical (unpaired) electrons. The molecule has 1 saturated heterocycles. The van der Waals surface area contributed by atoms with Gasteiger partial charge in [0, 0.05) is 5.75 Å². The van der Waals surface area contributed by atoms with E-state index in [1.807, 2.05) is 13.8 Å². The fourth-order valence-electron chi connectivity index (χ4n) is 1.63. The quantitative estimate of drug-likeness (QED) is 0.823. The van der Waals surface area contributed by atoms with Gasteiger partial charge in [-0.1, -0.05) is 11.3 Å². The number of carbonyl (C=O) groups excluding carboxylic acids is 2. The molecule has 0 spiro atoms. The Hall–Kier alpha value is -1.15. The Morgan fingerprint density at radius 1 is 1.71 bits per heavy atom. The van der Waals surface area contributed by atoms with Gasteiger partial charge in [-0.2, -0.15) is 0 Å². The van der Waals surface area contributed by atoms with Crippen LogP contribution in [0.5, 0.6) is 0 Å². The molecule has 1 aromatic rings. The van der Waals surface area contributed by atoms with Gasteiger partial charge in [0.05, 0.1) is 4.87 Å². The van der Waals surface area contributed by atoms with Crippen molar-refractivity contribution in [1.29, 1.82) is 0 Å². The number of nitrogens with zero attached hydrogens (tertiary/aromatic N) is 3. The molecule has 1 atom stereocenters. The van der Waals surface area contributed by atoms with Crippen LogP contribution in [0.1, 0.15) is 13.8 Å². The zero-order chi connectivity index (χ0) is 12.5. The normalized spacial score (nSPS) is 22.5. The van der Waals surface area contributed by atoms with Crippen LogP contribution in [0, 0.1) is 0 Å². The predicted octanol–water partition coefficient (Wildman–Crippen LogP) is 0.786. The molecule has 1 N–H and O–H groups in total. The maximum Gasteiger partial charge on any atom is 0.249 e. The standard InChI is InChI=1S/C9H12N4O2S2/c1-9(2)13(5-14)6(3-17-9)7(15)11-8-12-10-4-16-8/h4-6H,3H2,1-2H3,(H,11,12,15). The van der Waals surface area contributed by atoms with Gasteiger partial charge in [-0.3, -0.25) is 14.9 Å². The van der Waals surface area contributed by atoms with E-state index in [1.165, 1.54) is 16.2 Å². The van der Waals surface area contributed by atoms with E-state index >= 15 is 0 Å². The zero-order valence-corrected chi connectivity index (χ0v) is 11.0. The highest BCUT2D eigenvalue weighted by molar-refractivity contribution is 8.00. The summed E-state index contributed by atoms with van der Waals surface area (Å²) in [6, 6.07) is -0.448. The Morgan fingerprint density at radius 3 is 3.06 bits per heavy atom. The Balaban J connectivity index is 2.07. The van der Waals surface area contributed by atoms with E-state index in [-0.39, 0.29) is 10.8 Å². The van der Waals surface area contributed by atoms with E-state index < -0.39 is 6.04 Å². The van der Waals surface area contributed by atoms with E-state index in [1.54, 1.807) is 17.3 Å². The van der Waals surface area contributed by atoms with Crippen LogP contribution in [-0.4, -0.2) is 44.1 Å². The summed E-state index contributed by atoms with van der Waals surface area (Å²) in [5.74, 6) is 0.378. The second kappa shape index (κ2) is 4.61. The molecule has 1 aromatic heterocycles. The maximum atomic E-state index is 12.0. The fourth-order valence-corrected chi connectivity index (χ4v) is 3.28. The number of carbonyl (C=O) groups is 2. The van der Waals surface area contributed by atoms with Crippen molar-refractivity contribution in [2.24, 2.45) is 0 Å². The van der Waals surface area contributed by atoms with E-state index in [0.29, 0.717) is 10.9 Å². The lowest BCUT2D eigenvalue weighted by molar-refractivity contribution is -0.130. The molecular formula is C9H12N4O2S2. The Bertz CT molecular complexity index is 421. The number of anilines is 1. The lowest BCUT2D eigenvalue weighted by Gasteiger charge is -2.29. The minimum atomic E-state index is -0.448. The first-order valence-electron chi connectivity index (χ1n) is 4.99. The van der Waals surface area contributed by atoms with Crippen molar-refractivity contribution in [2.75, 3.05) is 11.1 Å². The third-order valence-corrected chi connectivity index (χ3v) is 4.56. The van der Waals surface area contributed by atoms with E-state index in [9.17, 15) is 9.59 Å². The second-order valence-corrected chi connectivity index (χ2v) is 6.47. The van der Waals surface area contributed by atoms with Crippen LogP contribution in [0.15, 0.2) is 5.51 Å². The molecule has 2 rings (SSSR count). The highest BCUT2D eigenvalue weighted by Crippen LogP contribution is 2.37. The van der Waals surface area contributed by atoms with Crippen molar-refractivity contribution in [3.8, 4) is 0 Å². The summed E-state index contributed by atoms with van der Waals surface area (Å²) in [6.45, 7) is 3.84. The van der Waals surface area contributed by atoms with E-state index in [0.717, 1.165) is 6.41 Å². The number of amides is 2. The number of aromatic nitrogens is 2. The lowest BCUT2D eigenvalue weighted by Crippen LogP contribution is -2.47. The molecule has 1 fully saturated rings. The molecule has 1 aliphatic heterocycles. The first-order valence-corrected chi connectivity index (χ1v) is 6.86. The number of hydrogen-bond donors (Lipinski definition) is 1. The van der Waals surface area contributed by atoms with Crippen molar-refractivity contribution >= 4 is 40.5 Å². The fraction of sp³-hybridized carbons (Fsp3) is 0.556. The summed E-state index contributed by atoms with van der Waals surface area (Å²) >= 11 is 2.83. The number of nitrogens with one attached hydrogen (secondary N) is 1. The average molecular weight is 272 g/mol. The molecule has 1 unspecified atom stereocenters. The predicted molar refractivity (Wildman–Crippen MR) is 66.8 cm³/mol. The van der Waals surface area contributed by atoms with Gasteiger partial charge in [-0.05, 0) is 13.8 Å². The molecule has 2 heterocycles. The highest BCUT2D eigenvalue weighted by atomic mass is 32.2. The smallest absolute Gasteiger partial charge is 0.249 e. The molecule has 0 aliphatic carbocycles. The largest absolute Gasteiger partial charge is 0.318 e. The maximum absolute atomic E-state index is 12.0. The third kappa shape index (κ3) is 2.42. The van der Waals surface area contributed by atoms with Crippen molar-refractivity contribution in [3.05, 3.63) is 5.51 Å². The summed E-state index contributed by atoms with van der Waals surface area (Å²) in [4.78, 5) is 24.2. The summed E-state index contributed by atoms with van der Waals surface area (Å²) < 4.78 is 0. The Labute approximate surface area is 107 Å². The molecule has 92 valence electrons. The minimum absolute atomic E-state index is 0.216. The number of hydrogen-bond acceptors (Lipinski definition) is 6. The Morgan fingerprint density at radius 2 is 2.47 bits per heavy atom.